The Bertz CT molecular complexity index is 596. The molecule has 2 saturated heterocycles. The largest absolute Gasteiger partial charge is 0.335 e. The second-order valence-electron chi connectivity index (χ2n) is 7.39. The van der Waals surface area contributed by atoms with Crippen molar-refractivity contribution < 1.29 is 18.5 Å². The molecule has 3 rings (SSSR count). The van der Waals surface area contributed by atoms with Gasteiger partial charge >= 0.3 is 6.03 Å². The maximum Gasteiger partial charge on any atom is 0.319 e. The second-order valence-corrected chi connectivity index (χ2v) is 7.39. The summed E-state index contributed by atoms with van der Waals surface area (Å²) < 4.78 is 26.6. The molecule has 6 heteroatoms. The van der Waals surface area contributed by atoms with E-state index in [2.05, 4.69) is 17.6 Å². The lowest BCUT2D eigenvalue weighted by Gasteiger charge is -2.46. The fourth-order valence-electron chi connectivity index (χ4n) is 4.48. The fourth-order valence-corrected chi connectivity index (χ4v) is 4.48. The zero-order valence-electron chi connectivity index (χ0n) is 14.8. The molecule has 2 bridgehead atoms. The number of carbonyl (C=O) groups is 1. The maximum atomic E-state index is 13.7. The molecule has 2 aliphatic rings. The molecule has 4 atom stereocenters. The molecule has 2 aliphatic heterocycles. The van der Waals surface area contributed by atoms with Gasteiger partial charge in [0.05, 0.1) is 24.3 Å². The number of carbonyl (C=O) groups excluding carboxylic acids is 1. The number of fused-ring (bicyclic) bond motifs is 2. The monoisotopic (exact) mass is 352 g/mol. The number of rotatable bonds is 5. The van der Waals surface area contributed by atoms with Crippen LogP contribution in [0.5, 0.6) is 0 Å². The number of unbranched alkanes of at least 4 members (excludes halogenated alkanes) is 1. The Morgan fingerprint density at radius 2 is 1.96 bits per heavy atom. The first-order valence-corrected chi connectivity index (χ1v) is 9.45. The molecule has 2 fully saturated rings. The molecule has 0 aliphatic carbocycles. The van der Waals surface area contributed by atoms with Crippen molar-refractivity contribution in [2.75, 3.05) is 11.9 Å². The molecule has 0 saturated carbocycles. The lowest BCUT2D eigenvalue weighted by atomic mass is 9.81. The number of anilines is 1. The zero-order valence-corrected chi connectivity index (χ0v) is 14.8. The third kappa shape index (κ3) is 4.48. The van der Waals surface area contributed by atoms with E-state index < -0.39 is 17.7 Å². The van der Waals surface area contributed by atoms with Gasteiger partial charge in [0, 0.05) is 24.9 Å². The van der Waals surface area contributed by atoms with Gasteiger partial charge in [-0.2, -0.15) is 0 Å². The molecule has 4 nitrogen and oxygen atoms in total. The second kappa shape index (κ2) is 8.13. The van der Waals surface area contributed by atoms with Crippen LogP contribution in [0.4, 0.5) is 19.3 Å². The molecule has 2 heterocycles. The molecule has 0 radical (unpaired) electrons. The normalized spacial score (nSPS) is 28.4. The van der Waals surface area contributed by atoms with Crippen LogP contribution in [-0.4, -0.2) is 30.7 Å². The van der Waals surface area contributed by atoms with Gasteiger partial charge in [-0.3, -0.25) is 0 Å². The van der Waals surface area contributed by atoms with E-state index in [1.807, 2.05) is 0 Å². The van der Waals surface area contributed by atoms with E-state index in [0.717, 1.165) is 25.0 Å². The number of nitrogens with one attached hydrogen (secondary N) is 3. The summed E-state index contributed by atoms with van der Waals surface area (Å²) in [7, 11) is 0. The van der Waals surface area contributed by atoms with Crippen LogP contribution in [0.2, 0.25) is 0 Å². The minimum absolute atomic E-state index is 0.00472. The summed E-state index contributed by atoms with van der Waals surface area (Å²) >= 11 is 0. The average molecular weight is 352 g/mol. The number of piperidine rings is 2. The first-order valence-electron chi connectivity index (χ1n) is 9.45. The number of hydrogen-bond acceptors (Lipinski definition) is 1. The van der Waals surface area contributed by atoms with Crippen LogP contribution < -0.4 is 15.5 Å². The van der Waals surface area contributed by atoms with Crippen molar-refractivity contribution in [3.63, 3.8) is 0 Å². The number of halogens is 2. The number of hydrogen-bond donors (Lipinski definition) is 3. The van der Waals surface area contributed by atoms with Crippen LogP contribution in [0.15, 0.2) is 18.2 Å². The van der Waals surface area contributed by atoms with Crippen LogP contribution in [0.25, 0.3) is 0 Å². The van der Waals surface area contributed by atoms with Crippen LogP contribution >= 0.6 is 0 Å². The summed E-state index contributed by atoms with van der Waals surface area (Å²) in [5.41, 5.74) is 0.00472. The molecule has 3 N–H and O–H groups in total. The molecule has 0 spiro atoms. The van der Waals surface area contributed by atoms with Crippen LogP contribution in [0, 0.1) is 11.6 Å². The average Bonchev–Trinajstić information content (AvgIpc) is 2.55. The smallest absolute Gasteiger partial charge is 0.319 e. The number of amides is 2. The van der Waals surface area contributed by atoms with E-state index in [-0.39, 0.29) is 11.7 Å². The van der Waals surface area contributed by atoms with Gasteiger partial charge in [0.25, 0.3) is 0 Å². The highest BCUT2D eigenvalue weighted by molar-refractivity contribution is 5.89. The molecular formula is C19H28F2N3O+. The highest BCUT2D eigenvalue weighted by Crippen LogP contribution is 2.22. The Morgan fingerprint density at radius 3 is 2.60 bits per heavy atom. The molecule has 2 amide bonds. The predicted octanol–water partition coefficient (Wildman–Crippen LogP) is 2.85. The van der Waals surface area contributed by atoms with Crippen molar-refractivity contribution in [2.45, 2.75) is 70.0 Å². The van der Waals surface area contributed by atoms with Crippen molar-refractivity contribution in [1.82, 2.24) is 5.32 Å². The van der Waals surface area contributed by atoms with Crippen molar-refractivity contribution in [3.05, 3.63) is 29.8 Å². The summed E-state index contributed by atoms with van der Waals surface area (Å²) in [6.07, 6.45) is 8.17. The number of benzene rings is 1. The Labute approximate surface area is 148 Å². The Hall–Kier alpha value is -1.69. The summed E-state index contributed by atoms with van der Waals surface area (Å²) in [6, 6.07) is 4.11. The van der Waals surface area contributed by atoms with Gasteiger partial charge in [-0.05, 0) is 37.8 Å². The zero-order chi connectivity index (χ0) is 17.8. The van der Waals surface area contributed by atoms with E-state index in [1.165, 1.54) is 44.7 Å². The molecule has 2 unspecified atom stereocenters. The summed E-state index contributed by atoms with van der Waals surface area (Å²) in [4.78, 5) is 13.9. The third-order valence-electron chi connectivity index (χ3n) is 5.63. The SMILES string of the molecule is CCCC[NH+]1[C@@H]2CCC[C@H]1CC(NC(=O)Nc1ccc(F)cc1F)C2. The molecule has 1 aromatic rings. The van der Waals surface area contributed by atoms with Gasteiger partial charge in [0.15, 0.2) is 0 Å². The van der Waals surface area contributed by atoms with Gasteiger partial charge in [-0.15, -0.1) is 0 Å². The molecule has 0 aromatic heterocycles. The topological polar surface area (TPSA) is 45.6 Å². The number of urea groups is 1. The summed E-state index contributed by atoms with van der Waals surface area (Å²) in [5.74, 6) is -1.41. The molecular weight excluding hydrogens is 324 g/mol. The molecule has 138 valence electrons. The minimum Gasteiger partial charge on any atom is -0.335 e. The molecule has 25 heavy (non-hydrogen) atoms. The highest BCUT2D eigenvalue weighted by Gasteiger charge is 2.41. The van der Waals surface area contributed by atoms with Crippen molar-refractivity contribution >= 4 is 11.7 Å². The number of quaternary nitrogens is 1. The lowest BCUT2D eigenvalue weighted by Crippen LogP contribution is -3.21. The first kappa shape index (κ1) is 18.1. The fraction of sp³-hybridized carbons (Fsp3) is 0.632. The predicted molar refractivity (Wildman–Crippen MR) is 93.7 cm³/mol. The Kier molecular flexibility index (Phi) is 5.89. The Morgan fingerprint density at radius 1 is 1.24 bits per heavy atom. The summed E-state index contributed by atoms with van der Waals surface area (Å²) in [6.45, 7) is 3.45. The van der Waals surface area contributed by atoms with Crippen molar-refractivity contribution in [2.24, 2.45) is 0 Å². The van der Waals surface area contributed by atoms with Crippen molar-refractivity contribution in [1.29, 1.82) is 0 Å². The van der Waals surface area contributed by atoms with E-state index in [9.17, 15) is 13.6 Å². The molecule has 1 aromatic carbocycles. The van der Waals surface area contributed by atoms with Gasteiger partial charge in [0.2, 0.25) is 0 Å². The van der Waals surface area contributed by atoms with Crippen LogP contribution in [0.3, 0.4) is 0 Å². The first-order chi connectivity index (χ1) is 12.1. The van der Waals surface area contributed by atoms with E-state index in [4.69, 9.17) is 0 Å². The Balaban J connectivity index is 1.56. The minimum atomic E-state index is -0.758. The van der Waals surface area contributed by atoms with Gasteiger partial charge in [0.1, 0.15) is 11.6 Å². The van der Waals surface area contributed by atoms with Crippen LogP contribution in [0.1, 0.15) is 51.9 Å². The highest BCUT2D eigenvalue weighted by atomic mass is 19.1. The quantitative estimate of drug-likeness (QED) is 0.750. The van der Waals surface area contributed by atoms with E-state index in [0.29, 0.717) is 12.1 Å². The van der Waals surface area contributed by atoms with Gasteiger partial charge in [-0.1, -0.05) is 13.3 Å². The van der Waals surface area contributed by atoms with E-state index >= 15 is 0 Å². The van der Waals surface area contributed by atoms with Crippen LogP contribution in [-0.2, 0) is 0 Å². The van der Waals surface area contributed by atoms with Gasteiger partial charge < -0.3 is 15.5 Å². The van der Waals surface area contributed by atoms with Gasteiger partial charge in [-0.25, -0.2) is 13.6 Å². The standard InChI is InChI=1S/C19H27F2N3O/c1-2-3-9-24-15-5-4-6-16(24)12-14(11-15)22-19(25)23-18-8-7-13(20)10-17(18)21/h7-8,10,14-16H,2-6,9,11-12H2,1H3,(H2,22,23,25)/p+1/t14?,15-,16+. The lowest BCUT2D eigenvalue weighted by molar-refractivity contribution is -0.961. The van der Waals surface area contributed by atoms with Crippen molar-refractivity contribution in [3.8, 4) is 0 Å². The third-order valence-corrected chi connectivity index (χ3v) is 5.63. The maximum absolute atomic E-state index is 13.7. The summed E-state index contributed by atoms with van der Waals surface area (Å²) in [5, 5.41) is 5.49. The van der Waals surface area contributed by atoms with E-state index in [1.54, 1.807) is 4.90 Å².